The van der Waals surface area contributed by atoms with Crippen LogP contribution in [-0.2, 0) is 9.53 Å². The molecule has 0 aliphatic rings. The molecular formula is C15H17NO3. The van der Waals surface area contributed by atoms with E-state index >= 15 is 0 Å². The summed E-state index contributed by atoms with van der Waals surface area (Å²) in [6, 6.07) is 9.26. The number of ether oxygens (including phenoxy) is 2. The molecule has 0 amide bonds. The van der Waals surface area contributed by atoms with Crippen LogP contribution >= 0.6 is 0 Å². The molecule has 0 bridgehead atoms. The molecule has 1 aromatic rings. The van der Waals surface area contributed by atoms with Crippen molar-refractivity contribution < 1.29 is 14.3 Å². The maximum absolute atomic E-state index is 11.9. The topological polar surface area (TPSA) is 59.3 Å². The first-order chi connectivity index (χ1) is 8.95. The Kier molecular flexibility index (Phi) is 4.71. The van der Waals surface area contributed by atoms with Crippen LogP contribution in [0.1, 0.15) is 19.4 Å². The van der Waals surface area contributed by atoms with Gasteiger partial charge in [0, 0.05) is 5.56 Å². The van der Waals surface area contributed by atoms with E-state index in [1.54, 1.807) is 38.1 Å². The van der Waals surface area contributed by atoms with Crippen LogP contribution < -0.4 is 4.74 Å². The molecule has 0 heterocycles. The SMILES string of the molecule is COC(=O)/C(=C\C(C)(C)C#N)c1ccccc1OC. The third-order valence-electron chi connectivity index (χ3n) is 2.60. The Balaban J connectivity index is 3.42. The van der Waals surface area contributed by atoms with E-state index < -0.39 is 11.4 Å². The van der Waals surface area contributed by atoms with Gasteiger partial charge in [-0.2, -0.15) is 5.26 Å². The molecule has 19 heavy (non-hydrogen) atoms. The highest BCUT2D eigenvalue weighted by molar-refractivity contribution is 6.17. The number of esters is 1. The monoisotopic (exact) mass is 259 g/mol. The van der Waals surface area contributed by atoms with E-state index in [1.807, 2.05) is 6.07 Å². The number of benzene rings is 1. The first-order valence-corrected chi connectivity index (χ1v) is 5.81. The maximum Gasteiger partial charge on any atom is 0.338 e. The fraction of sp³-hybridized carbons (Fsp3) is 0.333. The van der Waals surface area contributed by atoms with Crippen molar-refractivity contribution in [2.24, 2.45) is 5.41 Å². The second-order valence-corrected chi connectivity index (χ2v) is 4.58. The first kappa shape index (κ1) is 14.8. The van der Waals surface area contributed by atoms with Crippen molar-refractivity contribution in [2.75, 3.05) is 14.2 Å². The predicted molar refractivity (Wildman–Crippen MR) is 72.4 cm³/mol. The Bertz CT molecular complexity index is 539. The molecular weight excluding hydrogens is 242 g/mol. The zero-order valence-corrected chi connectivity index (χ0v) is 11.6. The van der Waals surface area contributed by atoms with Crippen molar-refractivity contribution in [1.29, 1.82) is 5.26 Å². The molecule has 100 valence electrons. The highest BCUT2D eigenvalue weighted by Gasteiger charge is 2.22. The summed E-state index contributed by atoms with van der Waals surface area (Å²) >= 11 is 0. The number of para-hydroxylation sites is 1. The molecule has 4 heteroatoms. The Labute approximate surface area is 113 Å². The quantitative estimate of drug-likeness (QED) is 0.616. The van der Waals surface area contributed by atoms with Crippen LogP contribution in [0.25, 0.3) is 5.57 Å². The van der Waals surface area contributed by atoms with Crippen molar-refractivity contribution in [1.82, 2.24) is 0 Å². The van der Waals surface area contributed by atoms with Crippen LogP contribution in [-0.4, -0.2) is 20.2 Å². The van der Waals surface area contributed by atoms with E-state index in [2.05, 4.69) is 6.07 Å². The van der Waals surface area contributed by atoms with Crippen LogP contribution in [0.2, 0.25) is 0 Å². The van der Waals surface area contributed by atoms with Gasteiger partial charge >= 0.3 is 5.97 Å². The first-order valence-electron chi connectivity index (χ1n) is 5.81. The van der Waals surface area contributed by atoms with Gasteiger partial charge in [0.2, 0.25) is 0 Å². The number of nitriles is 1. The van der Waals surface area contributed by atoms with Gasteiger partial charge in [-0.25, -0.2) is 4.79 Å². The lowest BCUT2D eigenvalue weighted by atomic mass is 9.90. The van der Waals surface area contributed by atoms with E-state index in [9.17, 15) is 4.79 Å². The molecule has 0 aromatic heterocycles. The molecule has 1 rings (SSSR count). The Hall–Kier alpha value is -2.28. The third-order valence-corrected chi connectivity index (χ3v) is 2.60. The number of nitrogens with zero attached hydrogens (tertiary/aromatic N) is 1. The summed E-state index contributed by atoms with van der Waals surface area (Å²) in [7, 11) is 2.84. The lowest BCUT2D eigenvalue weighted by Gasteiger charge is -2.15. The molecule has 0 atom stereocenters. The molecule has 0 unspecified atom stereocenters. The van der Waals surface area contributed by atoms with Gasteiger partial charge in [-0.15, -0.1) is 0 Å². The second kappa shape index (κ2) is 6.05. The van der Waals surface area contributed by atoms with Gasteiger partial charge in [0.25, 0.3) is 0 Å². The van der Waals surface area contributed by atoms with E-state index in [4.69, 9.17) is 14.7 Å². The van der Waals surface area contributed by atoms with Gasteiger partial charge in [-0.3, -0.25) is 0 Å². The standard InChI is InChI=1S/C15H17NO3/c1-15(2,10-16)9-12(14(17)19-4)11-7-5-6-8-13(11)18-3/h5-9H,1-4H3/b12-9-. The van der Waals surface area contributed by atoms with Crippen LogP contribution in [0.4, 0.5) is 0 Å². The summed E-state index contributed by atoms with van der Waals surface area (Å²) < 4.78 is 10.0. The molecule has 1 aromatic carbocycles. The number of rotatable bonds is 4. The number of methoxy groups -OCH3 is 2. The maximum atomic E-state index is 11.9. The van der Waals surface area contributed by atoms with Crippen LogP contribution in [0.3, 0.4) is 0 Å². The normalized spacial score (nSPS) is 11.6. The van der Waals surface area contributed by atoms with Crippen molar-refractivity contribution in [3.8, 4) is 11.8 Å². The van der Waals surface area contributed by atoms with Gasteiger partial charge in [0.15, 0.2) is 0 Å². The molecule has 0 spiro atoms. The molecule has 0 radical (unpaired) electrons. The molecule has 0 aliphatic heterocycles. The average Bonchev–Trinajstić information content (AvgIpc) is 2.44. The Morgan fingerprint density at radius 3 is 2.47 bits per heavy atom. The van der Waals surface area contributed by atoms with Crippen molar-refractivity contribution in [2.45, 2.75) is 13.8 Å². The summed E-state index contributed by atoms with van der Waals surface area (Å²) in [4.78, 5) is 11.9. The minimum atomic E-state index is -0.773. The lowest BCUT2D eigenvalue weighted by Crippen LogP contribution is -2.11. The smallest absolute Gasteiger partial charge is 0.338 e. The average molecular weight is 259 g/mol. The molecule has 0 aliphatic carbocycles. The summed E-state index contributed by atoms with van der Waals surface area (Å²) in [5, 5.41) is 9.09. The molecule has 0 N–H and O–H groups in total. The molecule has 0 fully saturated rings. The summed E-state index contributed by atoms with van der Waals surface area (Å²) in [5.41, 5.74) is 0.163. The van der Waals surface area contributed by atoms with E-state index in [1.165, 1.54) is 14.2 Å². The van der Waals surface area contributed by atoms with E-state index in [-0.39, 0.29) is 0 Å². The van der Waals surface area contributed by atoms with Crippen molar-refractivity contribution in [3.05, 3.63) is 35.9 Å². The number of hydrogen-bond acceptors (Lipinski definition) is 4. The fourth-order valence-corrected chi connectivity index (χ4v) is 1.62. The summed E-state index contributed by atoms with van der Waals surface area (Å²) in [6.07, 6.45) is 1.59. The van der Waals surface area contributed by atoms with Gasteiger partial charge in [-0.05, 0) is 26.0 Å². The number of hydrogen-bond donors (Lipinski definition) is 0. The molecule has 0 saturated heterocycles. The summed E-state index contributed by atoms with van der Waals surface area (Å²) in [6.45, 7) is 3.46. The highest BCUT2D eigenvalue weighted by Crippen LogP contribution is 2.30. The largest absolute Gasteiger partial charge is 0.496 e. The Morgan fingerprint density at radius 2 is 1.95 bits per heavy atom. The zero-order chi connectivity index (χ0) is 14.5. The van der Waals surface area contributed by atoms with Gasteiger partial charge in [0.1, 0.15) is 5.75 Å². The van der Waals surface area contributed by atoms with Gasteiger partial charge < -0.3 is 9.47 Å². The number of carbonyl (C=O) groups excluding carboxylic acids is 1. The third kappa shape index (κ3) is 3.59. The molecule has 0 saturated carbocycles. The zero-order valence-electron chi connectivity index (χ0n) is 11.6. The fourth-order valence-electron chi connectivity index (χ4n) is 1.62. The van der Waals surface area contributed by atoms with Crippen LogP contribution in [0.5, 0.6) is 5.75 Å². The van der Waals surface area contributed by atoms with Crippen molar-refractivity contribution in [3.63, 3.8) is 0 Å². The van der Waals surface area contributed by atoms with Crippen LogP contribution in [0, 0.1) is 16.7 Å². The van der Waals surface area contributed by atoms with E-state index in [0.29, 0.717) is 16.9 Å². The number of allylic oxidation sites excluding steroid dienone is 1. The van der Waals surface area contributed by atoms with Crippen molar-refractivity contribution >= 4 is 11.5 Å². The van der Waals surface area contributed by atoms with E-state index in [0.717, 1.165) is 0 Å². The minimum absolute atomic E-state index is 0.325. The molecule has 4 nitrogen and oxygen atoms in total. The van der Waals surface area contributed by atoms with Gasteiger partial charge in [0.05, 0.1) is 31.3 Å². The second-order valence-electron chi connectivity index (χ2n) is 4.58. The van der Waals surface area contributed by atoms with Gasteiger partial charge in [-0.1, -0.05) is 18.2 Å². The summed E-state index contributed by atoms with van der Waals surface area (Å²) in [5.74, 6) is 0.0701. The van der Waals surface area contributed by atoms with Crippen LogP contribution in [0.15, 0.2) is 30.3 Å². The highest BCUT2D eigenvalue weighted by atomic mass is 16.5. The lowest BCUT2D eigenvalue weighted by molar-refractivity contribution is -0.133. The number of carbonyl (C=O) groups is 1. The minimum Gasteiger partial charge on any atom is -0.496 e. The predicted octanol–water partition coefficient (Wildman–Crippen LogP) is 2.80. The Morgan fingerprint density at radius 1 is 1.32 bits per heavy atom.